The Morgan fingerprint density at radius 3 is 2.84 bits per heavy atom. The summed E-state index contributed by atoms with van der Waals surface area (Å²) >= 11 is 6.06. The van der Waals surface area contributed by atoms with Gasteiger partial charge < -0.3 is 15.4 Å². The van der Waals surface area contributed by atoms with Crippen LogP contribution in [-0.4, -0.2) is 25.6 Å². The van der Waals surface area contributed by atoms with Crippen molar-refractivity contribution in [1.29, 1.82) is 0 Å². The van der Waals surface area contributed by atoms with Crippen molar-refractivity contribution in [2.75, 3.05) is 19.0 Å². The zero-order valence-electron chi connectivity index (χ0n) is 11.0. The Bertz CT molecular complexity index is 445. The Hall–Kier alpha value is -1.42. The van der Waals surface area contributed by atoms with Crippen LogP contribution in [0.5, 0.6) is 5.75 Å². The van der Waals surface area contributed by atoms with Crippen LogP contribution in [0.4, 0.5) is 5.69 Å². The lowest BCUT2D eigenvalue weighted by Crippen LogP contribution is -2.36. The minimum absolute atomic E-state index is 0.00536. The molecule has 19 heavy (non-hydrogen) atoms. The fourth-order valence-electron chi connectivity index (χ4n) is 2.29. The summed E-state index contributed by atoms with van der Waals surface area (Å²) in [4.78, 5) is 11.8. The number of methoxy groups -OCH3 is 1. The van der Waals surface area contributed by atoms with Gasteiger partial charge in [0.25, 0.3) is 0 Å². The van der Waals surface area contributed by atoms with Crippen molar-refractivity contribution in [3.63, 3.8) is 0 Å². The number of carbonyl (C=O) groups is 1. The fraction of sp³-hybridized carbons (Fsp3) is 0.500. The van der Waals surface area contributed by atoms with Gasteiger partial charge in [-0.1, -0.05) is 24.4 Å². The summed E-state index contributed by atoms with van der Waals surface area (Å²) in [6.45, 7) is 0.226. The molecular formula is C14H19ClN2O2. The van der Waals surface area contributed by atoms with Gasteiger partial charge in [-0.15, -0.1) is 0 Å². The van der Waals surface area contributed by atoms with Gasteiger partial charge in [0.15, 0.2) is 0 Å². The Morgan fingerprint density at radius 2 is 2.16 bits per heavy atom. The molecule has 0 spiro atoms. The highest BCUT2D eigenvalue weighted by Gasteiger charge is 2.16. The number of anilines is 1. The maximum atomic E-state index is 11.8. The molecule has 0 radical (unpaired) electrons. The van der Waals surface area contributed by atoms with Crippen molar-refractivity contribution in [3.05, 3.63) is 23.2 Å². The van der Waals surface area contributed by atoms with Crippen LogP contribution in [0.3, 0.4) is 0 Å². The van der Waals surface area contributed by atoms with E-state index < -0.39 is 0 Å². The van der Waals surface area contributed by atoms with Crippen LogP contribution in [0.1, 0.15) is 25.7 Å². The number of benzene rings is 1. The highest BCUT2D eigenvalue weighted by Crippen LogP contribution is 2.26. The molecule has 104 valence electrons. The fourth-order valence-corrected chi connectivity index (χ4v) is 2.48. The van der Waals surface area contributed by atoms with Gasteiger partial charge in [0, 0.05) is 12.1 Å². The first-order chi connectivity index (χ1) is 9.19. The monoisotopic (exact) mass is 282 g/mol. The number of nitrogens with one attached hydrogen (secondary N) is 2. The third kappa shape index (κ3) is 4.03. The van der Waals surface area contributed by atoms with Crippen LogP contribution in [0, 0.1) is 0 Å². The average Bonchev–Trinajstić information content (AvgIpc) is 2.90. The van der Waals surface area contributed by atoms with Crippen LogP contribution in [0.2, 0.25) is 5.02 Å². The molecule has 2 N–H and O–H groups in total. The van der Waals surface area contributed by atoms with Crippen molar-refractivity contribution in [2.24, 2.45) is 0 Å². The van der Waals surface area contributed by atoms with E-state index in [4.69, 9.17) is 16.3 Å². The van der Waals surface area contributed by atoms with Crippen LogP contribution in [0.15, 0.2) is 18.2 Å². The molecule has 1 aliphatic carbocycles. The third-order valence-corrected chi connectivity index (χ3v) is 3.66. The van der Waals surface area contributed by atoms with Gasteiger partial charge in [-0.3, -0.25) is 4.79 Å². The van der Waals surface area contributed by atoms with E-state index in [2.05, 4.69) is 10.6 Å². The van der Waals surface area contributed by atoms with Crippen LogP contribution in [0.25, 0.3) is 0 Å². The van der Waals surface area contributed by atoms with Gasteiger partial charge in [0.1, 0.15) is 5.75 Å². The summed E-state index contributed by atoms with van der Waals surface area (Å²) < 4.78 is 5.13. The number of hydrogen-bond donors (Lipinski definition) is 2. The topological polar surface area (TPSA) is 50.4 Å². The lowest BCUT2D eigenvalue weighted by Gasteiger charge is -2.13. The van der Waals surface area contributed by atoms with Gasteiger partial charge in [0.2, 0.25) is 5.91 Å². The zero-order valence-corrected chi connectivity index (χ0v) is 11.8. The molecule has 0 aliphatic heterocycles. The second-order valence-corrected chi connectivity index (χ2v) is 5.16. The summed E-state index contributed by atoms with van der Waals surface area (Å²) in [7, 11) is 1.60. The minimum atomic E-state index is 0.00536. The minimum Gasteiger partial charge on any atom is -0.497 e. The molecule has 5 heteroatoms. The Labute approximate surface area is 118 Å². The number of rotatable bonds is 5. The van der Waals surface area contributed by atoms with E-state index in [1.165, 1.54) is 12.8 Å². The third-order valence-electron chi connectivity index (χ3n) is 3.33. The summed E-state index contributed by atoms with van der Waals surface area (Å²) in [5, 5.41) is 6.64. The molecule has 0 unspecified atom stereocenters. The number of carbonyl (C=O) groups excluding carboxylic acids is 1. The van der Waals surface area contributed by atoms with Crippen molar-refractivity contribution in [3.8, 4) is 5.75 Å². The Kier molecular flexibility index (Phi) is 4.91. The van der Waals surface area contributed by atoms with Gasteiger partial charge in [-0.2, -0.15) is 0 Å². The van der Waals surface area contributed by atoms with Crippen molar-refractivity contribution < 1.29 is 9.53 Å². The summed E-state index contributed by atoms with van der Waals surface area (Å²) in [5.74, 6) is 0.717. The standard InChI is InChI=1S/C14H19ClN2O2/c1-19-11-6-7-12(15)13(8-11)16-9-14(18)17-10-4-2-3-5-10/h6-8,10,16H,2-5,9H2,1H3,(H,17,18). The number of amides is 1. The molecule has 1 aromatic carbocycles. The van der Waals surface area contributed by atoms with E-state index in [0.717, 1.165) is 12.8 Å². The van der Waals surface area contributed by atoms with Crippen molar-refractivity contribution in [1.82, 2.24) is 5.32 Å². The van der Waals surface area contributed by atoms with E-state index in [9.17, 15) is 4.79 Å². The summed E-state index contributed by atoms with van der Waals surface area (Å²) in [6.07, 6.45) is 4.59. The summed E-state index contributed by atoms with van der Waals surface area (Å²) in [6, 6.07) is 5.66. The molecule has 1 saturated carbocycles. The highest BCUT2D eigenvalue weighted by atomic mass is 35.5. The van der Waals surface area contributed by atoms with Crippen LogP contribution in [-0.2, 0) is 4.79 Å². The number of hydrogen-bond acceptors (Lipinski definition) is 3. The quantitative estimate of drug-likeness (QED) is 0.873. The largest absolute Gasteiger partial charge is 0.497 e. The van der Waals surface area contributed by atoms with E-state index >= 15 is 0 Å². The molecular weight excluding hydrogens is 264 g/mol. The number of halogens is 1. The molecule has 4 nitrogen and oxygen atoms in total. The van der Waals surface area contributed by atoms with E-state index in [1.54, 1.807) is 25.3 Å². The molecule has 1 fully saturated rings. The first kappa shape index (κ1) is 14.0. The van der Waals surface area contributed by atoms with Crippen LogP contribution < -0.4 is 15.4 Å². The van der Waals surface area contributed by atoms with Crippen molar-refractivity contribution in [2.45, 2.75) is 31.7 Å². The van der Waals surface area contributed by atoms with Gasteiger partial charge in [-0.05, 0) is 25.0 Å². The predicted molar refractivity (Wildman–Crippen MR) is 76.9 cm³/mol. The lowest BCUT2D eigenvalue weighted by atomic mass is 10.2. The normalized spacial score (nSPS) is 15.3. The van der Waals surface area contributed by atoms with E-state index in [1.807, 2.05) is 0 Å². The first-order valence-corrected chi connectivity index (χ1v) is 6.93. The lowest BCUT2D eigenvalue weighted by molar-refractivity contribution is -0.120. The number of ether oxygens (including phenoxy) is 1. The molecule has 0 atom stereocenters. The SMILES string of the molecule is COc1ccc(Cl)c(NCC(=O)NC2CCCC2)c1. The maximum absolute atomic E-state index is 11.8. The summed E-state index contributed by atoms with van der Waals surface area (Å²) in [5.41, 5.74) is 0.711. The second kappa shape index (κ2) is 6.66. The molecule has 0 bridgehead atoms. The Morgan fingerprint density at radius 1 is 1.42 bits per heavy atom. The first-order valence-electron chi connectivity index (χ1n) is 6.56. The smallest absolute Gasteiger partial charge is 0.239 e. The maximum Gasteiger partial charge on any atom is 0.239 e. The predicted octanol–water partition coefficient (Wildman–Crippen LogP) is 2.82. The van der Waals surface area contributed by atoms with E-state index in [-0.39, 0.29) is 12.5 Å². The van der Waals surface area contributed by atoms with E-state index in [0.29, 0.717) is 22.5 Å². The van der Waals surface area contributed by atoms with Gasteiger partial charge in [0.05, 0.1) is 24.4 Å². The molecule has 1 amide bonds. The molecule has 0 aromatic heterocycles. The Balaban J connectivity index is 1.85. The second-order valence-electron chi connectivity index (χ2n) is 4.75. The zero-order chi connectivity index (χ0) is 13.7. The molecule has 0 heterocycles. The average molecular weight is 283 g/mol. The van der Waals surface area contributed by atoms with Crippen molar-refractivity contribution >= 4 is 23.2 Å². The highest BCUT2D eigenvalue weighted by molar-refractivity contribution is 6.33. The molecule has 1 aromatic rings. The molecule has 1 aliphatic rings. The molecule has 2 rings (SSSR count). The van der Waals surface area contributed by atoms with Gasteiger partial charge >= 0.3 is 0 Å². The van der Waals surface area contributed by atoms with Crippen LogP contribution >= 0.6 is 11.6 Å². The van der Waals surface area contributed by atoms with Gasteiger partial charge in [-0.25, -0.2) is 0 Å². The molecule has 0 saturated heterocycles.